The molecule has 0 aliphatic carbocycles. The van der Waals surface area contributed by atoms with E-state index in [0.29, 0.717) is 18.0 Å². The minimum atomic E-state index is -1.09. The summed E-state index contributed by atoms with van der Waals surface area (Å²) in [6.45, 7) is 2.36. The minimum absolute atomic E-state index is 0.00569. The zero-order valence-electron chi connectivity index (χ0n) is 14.8. The van der Waals surface area contributed by atoms with Gasteiger partial charge in [-0.2, -0.15) is 0 Å². The number of anilines is 1. The molecule has 1 N–H and O–H groups in total. The molecular weight excluding hydrogens is 340 g/mol. The summed E-state index contributed by atoms with van der Waals surface area (Å²) in [6.07, 6.45) is -1.27. The molecule has 0 aromatic heterocycles. The van der Waals surface area contributed by atoms with Gasteiger partial charge in [-0.25, -0.2) is 4.79 Å². The van der Waals surface area contributed by atoms with Gasteiger partial charge in [0.05, 0.1) is 25.7 Å². The van der Waals surface area contributed by atoms with Crippen LogP contribution in [-0.2, 0) is 19.1 Å². The highest BCUT2D eigenvalue weighted by Gasteiger charge is 2.40. The molecule has 0 saturated carbocycles. The number of carbonyl (C=O) groups excluding carboxylic acids is 2. The van der Waals surface area contributed by atoms with Gasteiger partial charge in [0.25, 0.3) is 0 Å². The van der Waals surface area contributed by atoms with Crippen LogP contribution in [0.3, 0.4) is 0 Å². The lowest BCUT2D eigenvalue weighted by Crippen LogP contribution is -2.53. The third kappa shape index (κ3) is 3.65. The van der Waals surface area contributed by atoms with Crippen LogP contribution in [-0.4, -0.2) is 66.7 Å². The Labute approximate surface area is 151 Å². The number of aliphatic carboxylic acids is 1. The van der Waals surface area contributed by atoms with Crippen molar-refractivity contribution in [1.82, 2.24) is 4.90 Å². The van der Waals surface area contributed by atoms with Crippen molar-refractivity contribution in [3.05, 3.63) is 24.3 Å². The number of rotatable bonds is 4. The molecule has 8 heteroatoms. The van der Waals surface area contributed by atoms with Crippen LogP contribution >= 0.6 is 0 Å². The average Bonchev–Trinajstić information content (AvgIpc) is 3.02. The Morgan fingerprint density at radius 1 is 1.19 bits per heavy atom. The molecular formula is C18H22N2O6. The molecule has 2 amide bonds. The number of morpholine rings is 1. The number of amides is 2. The van der Waals surface area contributed by atoms with Gasteiger partial charge < -0.3 is 24.4 Å². The van der Waals surface area contributed by atoms with Crippen molar-refractivity contribution in [2.75, 3.05) is 31.6 Å². The number of methoxy groups -OCH3 is 1. The number of nitrogens with zero attached hydrogens (tertiary/aromatic N) is 2. The largest absolute Gasteiger partial charge is 0.497 e. The smallest absolute Gasteiger partial charge is 0.334 e. The van der Waals surface area contributed by atoms with E-state index in [1.54, 1.807) is 43.2 Å². The third-order valence-electron chi connectivity index (χ3n) is 4.71. The highest BCUT2D eigenvalue weighted by molar-refractivity contribution is 6.00. The Bertz CT molecular complexity index is 704. The number of hydrogen-bond donors (Lipinski definition) is 1. The zero-order chi connectivity index (χ0) is 18.8. The molecule has 2 heterocycles. The molecule has 140 valence electrons. The third-order valence-corrected chi connectivity index (χ3v) is 4.71. The van der Waals surface area contributed by atoms with E-state index in [-0.39, 0.29) is 37.4 Å². The van der Waals surface area contributed by atoms with Crippen LogP contribution in [0.5, 0.6) is 5.75 Å². The van der Waals surface area contributed by atoms with E-state index in [4.69, 9.17) is 14.6 Å². The van der Waals surface area contributed by atoms with E-state index in [2.05, 4.69) is 0 Å². The first-order valence-electron chi connectivity index (χ1n) is 8.50. The van der Waals surface area contributed by atoms with E-state index in [1.165, 1.54) is 4.90 Å². The normalized spacial score (nSPS) is 26.1. The molecule has 1 aromatic carbocycles. The van der Waals surface area contributed by atoms with Crippen molar-refractivity contribution in [2.24, 2.45) is 5.92 Å². The fourth-order valence-electron chi connectivity index (χ4n) is 3.41. The number of carbonyl (C=O) groups is 3. The van der Waals surface area contributed by atoms with Gasteiger partial charge in [-0.1, -0.05) is 0 Å². The van der Waals surface area contributed by atoms with Crippen LogP contribution in [0.4, 0.5) is 5.69 Å². The molecule has 3 rings (SSSR count). The Kier molecular flexibility index (Phi) is 5.13. The second kappa shape index (κ2) is 7.33. The highest BCUT2D eigenvalue weighted by atomic mass is 16.5. The predicted octanol–water partition coefficient (Wildman–Crippen LogP) is 0.749. The van der Waals surface area contributed by atoms with Gasteiger partial charge in [0.1, 0.15) is 5.75 Å². The lowest BCUT2D eigenvalue weighted by atomic mass is 10.1. The molecule has 0 bridgehead atoms. The quantitative estimate of drug-likeness (QED) is 0.849. The predicted molar refractivity (Wildman–Crippen MR) is 92.0 cm³/mol. The van der Waals surface area contributed by atoms with Gasteiger partial charge >= 0.3 is 5.97 Å². The summed E-state index contributed by atoms with van der Waals surface area (Å²) in [5.41, 5.74) is 0.713. The van der Waals surface area contributed by atoms with Crippen LogP contribution in [0.2, 0.25) is 0 Å². The number of ether oxygens (including phenoxy) is 2. The first-order chi connectivity index (χ1) is 12.4. The maximum absolute atomic E-state index is 12.8. The van der Waals surface area contributed by atoms with E-state index < -0.39 is 18.0 Å². The first-order valence-corrected chi connectivity index (χ1v) is 8.50. The first kappa shape index (κ1) is 18.2. The Hall–Kier alpha value is -2.61. The van der Waals surface area contributed by atoms with Crippen molar-refractivity contribution in [3.8, 4) is 5.75 Å². The molecule has 2 fully saturated rings. The summed E-state index contributed by atoms with van der Waals surface area (Å²) in [6, 6.07) is 7.08. The Morgan fingerprint density at radius 3 is 2.50 bits per heavy atom. The van der Waals surface area contributed by atoms with Gasteiger partial charge in [0.2, 0.25) is 11.8 Å². The number of hydrogen-bond acceptors (Lipinski definition) is 5. The van der Waals surface area contributed by atoms with E-state index in [1.807, 2.05) is 0 Å². The van der Waals surface area contributed by atoms with Crippen molar-refractivity contribution in [2.45, 2.75) is 25.6 Å². The van der Waals surface area contributed by atoms with E-state index in [9.17, 15) is 14.4 Å². The fraction of sp³-hybridized carbons (Fsp3) is 0.500. The summed E-state index contributed by atoms with van der Waals surface area (Å²) in [4.78, 5) is 39.5. The standard InChI is InChI=1S/C18H22N2O6/c1-11-8-19(10-15(26-11)18(23)24)17(22)12-7-16(21)20(9-12)13-3-5-14(25-2)6-4-13/h3-6,11-12,15H,7-10H2,1-2H3,(H,23,24)/t11-,12?,15?/m1/s1. The van der Waals surface area contributed by atoms with Crippen LogP contribution < -0.4 is 9.64 Å². The summed E-state index contributed by atoms with van der Waals surface area (Å²) in [7, 11) is 1.57. The number of carboxylic acid groups (broad SMARTS) is 1. The molecule has 2 aliphatic heterocycles. The van der Waals surface area contributed by atoms with Crippen molar-refractivity contribution >= 4 is 23.5 Å². The summed E-state index contributed by atoms with van der Waals surface area (Å²) in [5, 5.41) is 9.16. The monoisotopic (exact) mass is 362 g/mol. The zero-order valence-corrected chi connectivity index (χ0v) is 14.8. The van der Waals surface area contributed by atoms with Gasteiger partial charge in [0, 0.05) is 25.2 Å². The lowest BCUT2D eigenvalue weighted by molar-refractivity contribution is -0.167. The van der Waals surface area contributed by atoms with Crippen molar-refractivity contribution in [3.63, 3.8) is 0 Å². The van der Waals surface area contributed by atoms with Crippen molar-refractivity contribution in [1.29, 1.82) is 0 Å². The SMILES string of the molecule is COc1ccc(N2CC(C(=O)N3CC(C(=O)O)O[C@H](C)C3)CC2=O)cc1. The van der Waals surface area contributed by atoms with Crippen LogP contribution in [0.15, 0.2) is 24.3 Å². The van der Waals surface area contributed by atoms with Crippen LogP contribution in [0.1, 0.15) is 13.3 Å². The van der Waals surface area contributed by atoms with Gasteiger partial charge in [-0.3, -0.25) is 9.59 Å². The Balaban J connectivity index is 1.69. The molecule has 0 spiro atoms. The second-order valence-corrected chi connectivity index (χ2v) is 6.62. The molecule has 2 unspecified atom stereocenters. The fourth-order valence-corrected chi connectivity index (χ4v) is 3.41. The topological polar surface area (TPSA) is 96.4 Å². The number of carboxylic acids is 1. The summed E-state index contributed by atoms with van der Waals surface area (Å²) < 4.78 is 10.5. The van der Waals surface area contributed by atoms with E-state index in [0.717, 1.165) is 0 Å². The molecule has 1 aromatic rings. The van der Waals surface area contributed by atoms with Gasteiger partial charge in [0.15, 0.2) is 6.10 Å². The maximum Gasteiger partial charge on any atom is 0.334 e. The minimum Gasteiger partial charge on any atom is -0.497 e. The van der Waals surface area contributed by atoms with E-state index >= 15 is 0 Å². The number of benzene rings is 1. The molecule has 2 saturated heterocycles. The molecule has 2 aliphatic rings. The maximum atomic E-state index is 12.8. The van der Waals surface area contributed by atoms with Crippen molar-refractivity contribution < 1.29 is 29.0 Å². The Morgan fingerprint density at radius 2 is 1.88 bits per heavy atom. The van der Waals surface area contributed by atoms with Crippen LogP contribution in [0, 0.1) is 5.92 Å². The second-order valence-electron chi connectivity index (χ2n) is 6.62. The molecule has 3 atom stereocenters. The van der Waals surface area contributed by atoms with Gasteiger partial charge in [-0.05, 0) is 31.2 Å². The molecule has 8 nitrogen and oxygen atoms in total. The van der Waals surface area contributed by atoms with Gasteiger partial charge in [-0.15, -0.1) is 0 Å². The van der Waals surface area contributed by atoms with Crippen LogP contribution in [0.25, 0.3) is 0 Å². The molecule has 0 radical (unpaired) electrons. The highest BCUT2D eigenvalue weighted by Crippen LogP contribution is 2.28. The summed E-state index contributed by atoms with van der Waals surface area (Å²) in [5.74, 6) is -1.20. The lowest BCUT2D eigenvalue weighted by Gasteiger charge is -2.36. The summed E-state index contributed by atoms with van der Waals surface area (Å²) >= 11 is 0. The molecule has 26 heavy (non-hydrogen) atoms. The average molecular weight is 362 g/mol.